The van der Waals surface area contributed by atoms with Gasteiger partial charge in [0.2, 0.25) is 0 Å². The monoisotopic (exact) mass is 265 g/mol. The number of hydrazone groups is 1. The van der Waals surface area contributed by atoms with Crippen LogP contribution in [0.25, 0.3) is 10.9 Å². The maximum atomic E-state index is 11.0. The van der Waals surface area contributed by atoms with Crippen LogP contribution in [-0.2, 0) is 0 Å². The van der Waals surface area contributed by atoms with E-state index in [-0.39, 0.29) is 0 Å². The van der Waals surface area contributed by atoms with Crippen LogP contribution in [0, 0.1) is 0 Å². The Hall–Kier alpha value is -3.02. The first-order chi connectivity index (χ1) is 9.83. The molecule has 0 unspecified atom stereocenters. The van der Waals surface area contributed by atoms with E-state index < -0.39 is 5.69 Å². The zero-order valence-electron chi connectivity index (χ0n) is 10.4. The van der Waals surface area contributed by atoms with E-state index in [1.54, 1.807) is 18.5 Å². The third-order valence-corrected chi connectivity index (χ3v) is 2.75. The van der Waals surface area contributed by atoms with Crippen molar-refractivity contribution in [1.29, 1.82) is 0 Å². The van der Waals surface area contributed by atoms with Crippen molar-refractivity contribution in [2.24, 2.45) is 5.10 Å². The van der Waals surface area contributed by atoms with Crippen LogP contribution in [0.5, 0.6) is 0 Å². The lowest BCUT2D eigenvalue weighted by Gasteiger charge is -2.01. The quantitative estimate of drug-likeness (QED) is 0.558. The fraction of sp³-hybridized carbons (Fsp3) is 0. The summed E-state index contributed by atoms with van der Waals surface area (Å²) in [7, 11) is 0. The van der Waals surface area contributed by atoms with Crippen molar-refractivity contribution >= 4 is 22.9 Å². The molecule has 0 aliphatic carbocycles. The van der Waals surface area contributed by atoms with E-state index in [0.29, 0.717) is 5.82 Å². The Morgan fingerprint density at radius 3 is 2.85 bits per heavy atom. The molecule has 0 atom stereocenters. The Bertz CT molecular complexity index is 819. The van der Waals surface area contributed by atoms with E-state index in [1.165, 1.54) is 6.20 Å². The number of nitrogens with zero attached hydrogens (tertiary/aromatic N) is 3. The molecule has 0 spiro atoms. The van der Waals surface area contributed by atoms with Gasteiger partial charge in [-0.2, -0.15) is 5.10 Å². The first-order valence-electron chi connectivity index (χ1n) is 6.01. The van der Waals surface area contributed by atoms with E-state index in [4.69, 9.17) is 0 Å². The minimum absolute atomic E-state index is 0.417. The average Bonchev–Trinajstić information content (AvgIpc) is 2.48. The molecule has 2 aromatic heterocycles. The van der Waals surface area contributed by atoms with E-state index in [2.05, 4.69) is 25.5 Å². The summed E-state index contributed by atoms with van der Waals surface area (Å²) in [6.07, 6.45) is 4.83. The van der Waals surface area contributed by atoms with Crippen molar-refractivity contribution in [3.05, 3.63) is 64.8 Å². The lowest BCUT2D eigenvalue weighted by Crippen LogP contribution is -2.10. The third-order valence-electron chi connectivity index (χ3n) is 2.75. The van der Waals surface area contributed by atoms with Crippen LogP contribution in [0.4, 0.5) is 5.82 Å². The van der Waals surface area contributed by atoms with Crippen molar-refractivity contribution in [3.63, 3.8) is 0 Å². The van der Waals surface area contributed by atoms with E-state index in [0.717, 1.165) is 16.5 Å². The number of hydrogen-bond donors (Lipinski definition) is 2. The normalized spacial score (nSPS) is 11.0. The summed E-state index contributed by atoms with van der Waals surface area (Å²) in [6, 6.07) is 11.3. The van der Waals surface area contributed by atoms with Crippen molar-refractivity contribution < 1.29 is 0 Å². The second kappa shape index (κ2) is 5.31. The molecule has 0 fully saturated rings. The lowest BCUT2D eigenvalue weighted by atomic mass is 10.1. The summed E-state index contributed by atoms with van der Waals surface area (Å²) >= 11 is 0. The van der Waals surface area contributed by atoms with Gasteiger partial charge in [0, 0.05) is 23.3 Å². The SMILES string of the molecule is O=c1nccc(N/N=C/c2ccnc3ccccc23)[nH]1. The number of anilines is 1. The van der Waals surface area contributed by atoms with Gasteiger partial charge in [0.15, 0.2) is 0 Å². The molecule has 20 heavy (non-hydrogen) atoms. The van der Waals surface area contributed by atoms with Gasteiger partial charge in [0.1, 0.15) is 5.82 Å². The molecule has 3 rings (SSSR count). The van der Waals surface area contributed by atoms with Gasteiger partial charge in [-0.15, -0.1) is 0 Å². The smallest absolute Gasteiger partial charge is 0.291 e. The molecule has 0 aliphatic heterocycles. The Balaban J connectivity index is 1.86. The number of hydrogen-bond acceptors (Lipinski definition) is 5. The molecule has 0 saturated carbocycles. The second-order valence-electron chi connectivity index (χ2n) is 4.08. The predicted octanol–water partition coefficient (Wildman–Crippen LogP) is 1.76. The number of rotatable bonds is 3. The maximum absolute atomic E-state index is 11.0. The van der Waals surface area contributed by atoms with Gasteiger partial charge in [0.25, 0.3) is 0 Å². The number of nitrogens with one attached hydrogen (secondary N) is 2. The molecule has 2 N–H and O–H groups in total. The largest absolute Gasteiger partial charge is 0.346 e. The fourth-order valence-electron chi connectivity index (χ4n) is 1.84. The molecule has 2 heterocycles. The Kier molecular flexibility index (Phi) is 3.20. The lowest BCUT2D eigenvalue weighted by molar-refractivity contribution is 1.06. The zero-order chi connectivity index (χ0) is 13.8. The van der Waals surface area contributed by atoms with Crippen LogP contribution in [0.3, 0.4) is 0 Å². The summed E-state index contributed by atoms with van der Waals surface area (Å²) in [5.41, 5.74) is 4.19. The predicted molar refractivity (Wildman–Crippen MR) is 77.8 cm³/mol. The van der Waals surface area contributed by atoms with Crippen molar-refractivity contribution in [2.75, 3.05) is 5.43 Å². The first-order valence-corrected chi connectivity index (χ1v) is 6.01. The van der Waals surface area contributed by atoms with Crippen molar-refractivity contribution in [3.8, 4) is 0 Å². The van der Waals surface area contributed by atoms with Crippen molar-refractivity contribution in [1.82, 2.24) is 15.0 Å². The fourth-order valence-corrected chi connectivity index (χ4v) is 1.84. The Labute approximate surface area is 114 Å². The molecule has 0 amide bonds. The summed E-state index contributed by atoms with van der Waals surface area (Å²) < 4.78 is 0. The van der Waals surface area contributed by atoms with Gasteiger partial charge in [-0.3, -0.25) is 15.4 Å². The highest BCUT2D eigenvalue weighted by molar-refractivity contribution is 5.98. The van der Waals surface area contributed by atoms with Crippen LogP contribution >= 0.6 is 0 Å². The van der Waals surface area contributed by atoms with Crippen LogP contribution in [0.15, 0.2) is 58.7 Å². The second-order valence-corrected chi connectivity index (χ2v) is 4.08. The van der Waals surface area contributed by atoms with Crippen LogP contribution in [0.2, 0.25) is 0 Å². The number of aromatic amines is 1. The van der Waals surface area contributed by atoms with Gasteiger partial charge in [-0.1, -0.05) is 18.2 Å². The molecule has 3 aromatic rings. The zero-order valence-corrected chi connectivity index (χ0v) is 10.4. The average molecular weight is 265 g/mol. The molecule has 6 heteroatoms. The maximum Gasteiger partial charge on any atom is 0.346 e. The molecule has 0 aliphatic rings. The van der Waals surface area contributed by atoms with Gasteiger partial charge < -0.3 is 0 Å². The summed E-state index contributed by atoms with van der Waals surface area (Å²) in [5, 5.41) is 5.12. The topological polar surface area (TPSA) is 83.0 Å². The van der Waals surface area contributed by atoms with E-state index >= 15 is 0 Å². The molecular weight excluding hydrogens is 254 g/mol. The molecule has 0 bridgehead atoms. The number of aromatic nitrogens is 3. The number of H-pyrrole nitrogens is 1. The van der Waals surface area contributed by atoms with E-state index in [9.17, 15) is 4.79 Å². The minimum atomic E-state index is -0.417. The highest BCUT2D eigenvalue weighted by Gasteiger charge is 1.98. The molecule has 1 aromatic carbocycles. The molecular formula is C14H11N5O. The van der Waals surface area contributed by atoms with Crippen molar-refractivity contribution in [2.45, 2.75) is 0 Å². The van der Waals surface area contributed by atoms with Gasteiger partial charge in [-0.05, 0) is 18.2 Å². The van der Waals surface area contributed by atoms with Crippen LogP contribution in [0.1, 0.15) is 5.56 Å². The number of fused-ring (bicyclic) bond motifs is 1. The van der Waals surface area contributed by atoms with Gasteiger partial charge in [-0.25, -0.2) is 9.78 Å². The molecule has 0 radical (unpaired) electrons. The number of pyridine rings is 1. The molecule has 6 nitrogen and oxygen atoms in total. The number of benzene rings is 1. The van der Waals surface area contributed by atoms with Crippen LogP contribution < -0.4 is 11.1 Å². The molecule has 98 valence electrons. The standard InChI is InChI=1S/C14H11N5O/c20-14-16-8-6-13(18-14)19-17-9-10-5-7-15-12-4-2-1-3-11(10)12/h1-9H,(H2,16,18,19,20)/b17-9+. The number of para-hydroxylation sites is 1. The summed E-state index contributed by atoms with van der Waals surface area (Å²) in [4.78, 5) is 21.4. The highest BCUT2D eigenvalue weighted by Crippen LogP contribution is 2.14. The van der Waals surface area contributed by atoms with Crippen LogP contribution in [-0.4, -0.2) is 21.2 Å². The third kappa shape index (κ3) is 2.54. The summed E-state index contributed by atoms with van der Waals surface area (Å²) in [6.45, 7) is 0. The summed E-state index contributed by atoms with van der Waals surface area (Å²) in [5.74, 6) is 0.486. The Morgan fingerprint density at radius 1 is 1.10 bits per heavy atom. The minimum Gasteiger partial charge on any atom is -0.291 e. The van der Waals surface area contributed by atoms with E-state index in [1.807, 2.05) is 30.3 Å². The van der Waals surface area contributed by atoms with Gasteiger partial charge in [0.05, 0.1) is 11.7 Å². The first kappa shape index (κ1) is 12.0. The van der Waals surface area contributed by atoms with Gasteiger partial charge >= 0.3 is 5.69 Å². The molecule has 0 saturated heterocycles. The Morgan fingerprint density at radius 2 is 1.95 bits per heavy atom. The highest BCUT2D eigenvalue weighted by atomic mass is 16.1.